The zero-order valence-electron chi connectivity index (χ0n) is 16.0. The van der Waals surface area contributed by atoms with Crippen LogP contribution in [0, 0.1) is 0 Å². The first kappa shape index (κ1) is 22.7. The largest absolute Gasteiger partial charge is 0.416 e. The van der Waals surface area contributed by atoms with Crippen molar-refractivity contribution in [1.29, 1.82) is 0 Å². The Morgan fingerprint density at radius 3 is 2.71 bits per heavy atom. The second-order valence-electron chi connectivity index (χ2n) is 6.40. The van der Waals surface area contributed by atoms with Crippen molar-refractivity contribution in [3.8, 4) is 0 Å². The van der Waals surface area contributed by atoms with Crippen LogP contribution in [0.2, 0.25) is 0 Å². The van der Waals surface area contributed by atoms with E-state index in [1.807, 2.05) is 0 Å². The van der Waals surface area contributed by atoms with Gasteiger partial charge in [-0.2, -0.15) is 17.5 Å². The molecule has 0 saturated heterocycles. The Labute approximate surface area is 175 Å². The number of rotatable bonds is 7. The van der Waals surface area contributed by atoms with Gasteiger partial charge in [0, 0.05) is 31.4 Å². The lowest BCUT2D eigenvalue weighted by Crippen LogP contribution is -2.37. The molecule has 0 bridgehead atoms. The van der Waals surface area contributed by atoms with Crippen molar-refractivity contribution >= 4 is 21.7 Å². The van der Waals surface area contributed by atoms with E-state index in [1.165, 1.54) is 24.7 Å². The van der Waals surface area contributed by atoms with Gasteiger partial charge in [-0.15, -0.1) is 0 Å². The Hall–Kier alpha value is -3.03. The van der Waals surface area contributed by atoms with Gasteiger partial charge in [0.25, 0.3) is 5.91 Å². The first-order valence-corrected chi connectivity index (χ1v) is 10.4. The predicted octanol–water partition coefficient (Wildman–Crippen LogP) is 1.93. The Balaban J connectivity index is 1.53. The van der Waals surface area contributed by atoms with E-state index in [4.69, 9.17) is 4.84 Å². The van der Waals surface area contributed by atoms with Crippen LogP contribution in [0.15, 0.2) is 59.5 Å². The standard InChI is InChI=1S/C18H18F3N5O4S/c19-18(20,21)13-2-1-3-15(10-13)31(28,29)26-8-5-14(6-9-26)25-30-11-17(27)24-16-4-7-22-12-23-16/h1-5,7,10,12,25H,6,8-9,11H2,(H,22,23,24,27). The zero-order chi connectivity index (χ0) is 22.5. The summed E-state index contributed by atoms with van der Waals surface area (Å²) in [5.74, 6) is -0.146. The number of sulfonamides is 1. The van der Waals surface area contributed by atoms with Crippen LogP contribution >= 0.6 is 0 Å². The van der Waals surface area contributed by atoms with E-state index < -0.39 is 32.6 Å². The van der Waals surface area contributed by atoms with E-state index in [1.54, 1.807) is 0 Å². The van der Waals surface area contributed by atoms with Gasteiger partial charge in [-0.1, -0.05) is 6.07 Å². The number of hydrogen-bond donors (Lipinski definition) is 2. The van der Waals surface area contributed by atoms with Crippen molar-refractivity contribution < 1.29 is 31.2 Å². The second-order valence-corrected chi connectivity index (χ2v) is 8.34. The number of alkyl halides is 3. The van der Waals surface area contributed by atoms with E-state index in [0.29, 0.717) is 17.6 Å². The van der Waals surface area contributed by atoms with Gasteiger partial charge >= 0.3 is 6.18 Å². The molecule has 0 saturated carbocycles. The van der Waals surface area contributed by atoms with E-state index in [-0.39, 0.29) is 26.1 Å². The first-order valence-electron chi connectivity index (χ1n) is 8.96. The summed E-state index contributed by atoms with van der Waals surface area (Å²) < 4.78 is 65.0. The minimum Gasteiger partial charge on any atom is -0.308 e. The number of nitrogens with one attached hydrogen (secondary N) is 2. The van der Waals surface area contributed by atoms with Crippen molar-refractivity contribution in [3.05, 3.63) is 60.2 Å². The highest BCUT2D eigenvalue weighted by atomic mass is 32.2. The van der Waals surface area contributed by atoms with Crippen LogP contribution in [0.5, 0.6) is 0 Å². The number of carbonyl (C=O) groups excluding carboxylic acids is 1. The van der Waals surface area contributed by atoms with Crippen LogP contribution in [0.25, 0.3) is 0 Å². The lowest BCUT2D eigenvalue weighted by Gasteiger charge is -2.26. The number of carbonyl (C=O) groups is 1. The van der Waals surface area contributed by atoms with Crippen molar-refractivity contribution in [2.45, 2.75) is 17.5 Å². The minimum absolute atomic E-state index is 0.0356. The summed E-state index contributed by atoms with van der Waals surface area (Å²) >= 11 is 0. The number of halogens is 3. The maximum absolute atomic E-state index is 12.9. The number of hydroxylamine groups is 1. The van der Waals surface area contributed by atoms with Crippen LogP contribution < -0.4 is 10.8 Å². The highest BCUT2D eigenvalue weighted by Gasteiger charge is 2.33. The van der Waals surface area contributed by atoms with E-state index in [9.17, 15) is 26.4 Å². The number of amides is 1. The van der Waals surface area contributed by atoms with E-state index >= 15 is 0 Å². The molecule has 0 spiro atoms. The topological polar surface area (TPSA) is 114 Å². The first-order chi connectivity index (χ1) is 14.7. The molecule has 13 heteroatoms. The molecular weight excluding hydrogens is 439 g/mol. The summed E-state index contributed by atoms with van der Waals surface area (Å²) in [6.07, 6.45) is -0.140. The summed E-state index contributed by atoms with van der Waals surface area (Å²) in [5, 5.41) is 2.50. The molecule has 0 unspecified atom stereocenters. The summed E-state index contributed by atoms with van der Waals surface area (Å²) in [6.45, 7) is -0.348. The number of nitrogens with zero attached hydrogens (tertiary/aromatic N) is 3. The van der Waals surface area contributed by atoms with Crippen molar-refractivity contribution in [1.82, 2.24) is 19.8 Å². The van der Waals surface area contributed by atoms with Gasteiger partial charge in [0.2, 0.25) is 10.0 Å². The Morgan fingerprint density at radius 2 is 2.06 bits per heavy atom. The van der Waals surface area contributed by atoms with Gasteiger partial charge in [0.1, 0.15) is 12.1 Å². The highest BCUT2D eigenvalue weighted by Crippen LogP contribution is 2.31. The monoisotopic (exact) mass is 457 g/mol. The van der Waals surface area contributed by atoms with Gasteiger partial charge in [-0.05, 0) is 30.3 Å². The van der Waals surface area contributed by atoms with Crippen LogP contribution in [0.4, 0.5) is 19.0 Å². The molecule has 2 heterocycles. The van der Waals surface area contributed by atoms with Crippen molar-refractivity contribution in [3.63, 3.8) is 0 Å². The average Bonchev–Trinajstić information content (AvgIpc) is 2.74. The summed E-state index contributed by atoms with van der Waals surface area (Å²) in [7, 11) is -4.09. The zero-order valence-corrected chi connectivity index (χ0v) is 16.8. The van der Waals surface area contributed by atoms with Crippen LogP contribution in [-0.4, -0.2) is 48.3 Å². The third kappa shape index (κ3) is 5.99. The van der Waals surface area contributed by atoms with Gasteiger partial charge in [-0.3, -0.25) is 15.1 Å². The normalized spacial score (nSPS) is 15.3. The Kier molecular flexibility index (Phi) is 6.87. The molecule has 166 valence electrons. The molecule has 1 aliphatic heterocycles. The molecule has 0 atom stereocenters. The van der Waals surface area contributed by atoms with Crippen LogP contribution in [0.3, 0.4) is 0 Å². The quantitative estimate of drug-likeness (QED) is 0.611. The molecule has 9 nitrogen and oxygen atoms in total. The lowest BCUT2D eigenvalue weighted by atomic mass is 10.2. The number of anilines is 1. The molecule has 2 aromatic rings. The molecule has 1 amide bonds. The molecule has 31 heavy (non-hydrogen) atoms. The van der Waals surface area contributed by atoms with E-state index in [0.717, 1.165) is 22.5 Å². The van der Waals surface area contributed by atoms with Crippen LogP contribution in [-0.2, 0) is 25.8 Å². The molecule has 0 fully saturated rings. The van der Waals surface area contributed by atoms with Crippen molar-refractivity contribution in [2.75, 3.05) is 25.0 Å². The lowest BCUT2D eigenvalue weighted by molar-refractivity contribution is -0.137. The average molecular weight is 457 g/mol. The predicted molar refractivity (Wildman–Crippen MR) is 103 cm³/mol. The molecule has 0 radical (unpaired) electrons. The fraction of sp³-hybridized carbons (Fsp3) is 0.278. The highest BCUT2D eigenvalue weighted by molar-refractivity contribution is 7.89. The molecule has 3 rings (SSSR count). The molecule has 1 aliphatic rings. The SMILES string of the molecule is O=C(CONC1=CCN(S(=O)(=O)c2cccc(C(F)(F)F)c2)CC1)Nc1ccncn1. The summed E-state index contributed by atoms with van der Waals surface area (Å²) in [5.41, 5.74) is 2.09. The maximum atomic E-state index is 12.9. The third-order valence-corrected chi connectivity index (χ3v) is 6.09. The molecular formula is C18H18F3N5O4S. The Bertz CT molecular complexity index is 1060. The van der Waals surface area contributed by atoms with E-state index in [2.05, 4.69) is 20.8 Å². The second kappa shape index (κ2) is 9.41. The number of hydrogen-bond acceptors (Lipinski definition) is 7. The molecule has 1 aromatic carbocycles. The van der Waals surface area contributed by atoms with Crippen molar-refractivity contribution in [2.24, 2.45) is 0 Å². The molecule has 1 aromatic heterocycles. The molecule has 2 N–H and O–H groups in total. The maximum Gasteiger partial charge on any atom is 0.416 e. The molecule has 0 aliphatic carbocycles. The Morgan fingerprint density at radius 1 is 1.26 bits per heavy atom. The summed E-state index contributed by atoms with van der Waals surface area (Å²) in [6, 6.07) is 5.13. The smallest absolute Gasteiger partial charge is 0.308 e. The fourth-order valence-corrected chi connectivity index (χ4v) is 4.11. The summed E-state index contributed by atoms with van der Waals surface area (Å²) in [4.78, 5) is 24.0. The third-order valence-electron chi connectivity index (χ3n) is 4.23. The van der Waals surface area contributed by atoms with Gasteiger partial charge in [0.05, 0.1) is 10.5 Å². The minimum atomic E-state index is -4.64. The number of benzene rings is 1. The van der Waals surface area contributed by atoms with Gasteiger partial charge < -0.3 is 5.32 Å². The van der Waals surface area contributed by atoms with Crippen LogP contribution in [0.1, 0.15) is 12.0 Å². The number of aromatic nitrogens is 2. The van der Waals surface area contributed by atoms with Gasteiger partial charge in [0.15, 0.2) is 6.61 Å². The van der Waals surface area contributed by atoms with Gasteiger partial charge in [-0.25, -0.2) is 18.4 Å². The fourth-order valence-electron chi connectivity index (χ4n) is 2.68.